The quantitative estimate of drug-likeness (QED) is 0.118. The molecule has 0 saturated heterocycles. The molecule has 18 aliphatic rings. The van der Waals surface area contributed by atoms with Crippen molar-refractivity contribution >= 4 is 161 Å². The Morgan fingerprint density at radius 3 is 2.46 bits per heavy atom. The molecule has 0 saturated carbocycles. The van der Waals surface area contributed by atoms with Gasteiger partial charge in [0.15, 0.2) is 16.9 Å². The van der Waals surface area contributed by atoms with Crippen LogP contribution in [0.15, 0.2) is 122 Å². The highest BCUT2D eigenvalue weighted by atomic mass is 16.5. The van der Waals surface area contributed by atoms with Crippen molar-refractivity contribution in [2.24, 2.45) is 4.99 Å². The van der Waals surface area contributed by atoms with Crippen LogP contribution in [0.3, 0.4) is 0 Å². The van der Waals surface area contributed by atoms with Gasteiger partial charge in [-0.25, -0.2) is 0 Å². The summed E-state index contributed by atoms with van der Waals surface area (Å²) in [7, 11) is 0. The lowest BCUT2D eigenvalue weighted by molar-refractivity contribution is 0.0833. The number of nitrogens with one attached hydrogen (secondary N) is 1. The van der Waals surface area contributed by atoms with Crippen molar-refractivity contribution in [2.75, 3.05) is 4.90 Å². The summed E-state index contributed by atoms with van der Waals surface area (Å²) in [5, 5.41) is 16.2. The van der Waals surface area contributed by atoms with Crippen LogP contribution in [0.1, 0.15) is 103 Å². The fourth-order valence-corrected chi connectivity index (χ4v) is 24.4. The van der Waals surface area contributed by atoms with E-state index in [0.29, 0.717) is 0 Å². The monoisotopic (exact) mass is 1170 g/mol. The van der Waals surface area contributed by atoms with Crippen LogP contribution in [-0.4, -0.2) is 41.3 Å². The molecule has 8 aromatic carbocycles. The van der Waals surface area contributed by atoms with Crippen molar-refractivity contribution in [1.82, 2.24) is 22.9 Å². The maximum absolute atomic E-state index is 7.94. The standard InChI is InChI=1S/C78H27N7O7/c1-3-20-19-8-7-18-17-79-23-11-27-47-55-42(23)38(18)40(19)73-74(55)85-76-62(47)67-35(90-27)15-34-65-57-45-29(91-34)13-32-49-51(45)59-52-50-43-28(12-30-46-54-39-21(4-2-5-24(39)86-30)63-61-41-22(80-63)9-10-25(87-32)48(41)70(49)84(72(54)61)71(59)56(43)46)89-31-14-33-66-58(44(31)50)60(53(52)57)75(82(65)67)78(76)83(66)69-37(92-33)16-36-68(77(69)85)81(73)64(20)26(6-1)88-36/h1-17,27,30,32,34,42,64-65,67,72,80H. The Labute approximate surface area is 508 Å². The molecule has 0 radical (unpaired) electrons. The molecule has 12 aliphatic heterocycles. The molecular weight excluding hydrogens is 1150 g/mol. The lowest BCUT2D eigenvalue weighted by Crippen LogP contribution is -2.51. The van der Waals surface area contributed by atoms with E-state index in [1.165, 1.54) is 182 Å². The molecule has 9 atom stereocenters. The molecule has 16 aromatic rings. The highest BCUT2D eigenvalue weighted by molar-refractivity contribution is 6.50. The van der Waals surface area contributed by atoms with Crippen molar-refractivity contribution in [2.45, 2.75) is 54.5 Å². The van der Waals surface area contributed by atoms with E-state index < -0.39 is 24.4 Å². The first kappa shape index (κ1) is 39.3. The molecule has 416 valence electrons. The minimum Gasteiger partial charge on any atom is -0.483 e. The van der Waals surface area contributed by atoms with E-state index in [1.807, 2.05) is 0 Å². The van der Waals surface area contributed by atoms with Crippen LogP contribution in [-0.2, 0) is 9.47 Å². The van der Waals surface area contributed by atoms with Crippen LogP contribution in [0, 0.1) is 10.6 Å². The maximum atomic E-state index is 7.94. The number of aromatic amines is 1. The largest absolute Gasteiger partial charge is 0.483 e. The lowest BCUT2D eigenvalue weighted by atomic mass is 9.65. The van der Waals surface area contributed by atoms with E-state index >= 15 is 0 Å². The number of ether oxygens (including phenoxy) is 5. The van der Waals surface area contributed by atoms with Crippen LogP contribution < -0.4 is 29.7 Å². The summed E-state index contributed by atoms with van der Waals surface area (Å²) in [4.78, 5) is 12.3. The van der Waals surface area contributed by atoms with Gasteiger partial charge in [-0.05, 0) is 80.4 Å². The number of allylic oxidation sites excluding steroid dienone is 6. The fraction of sp³-hybridized carbons (Fsp3) is 0.115. The van der Waals surface area contributed by atoms with Gasteiger partial charge in [0.05, 0.1) is 79.3 Å². The second-order valence-corrected chi connectivity index (χ2v) is 29.3. The molecule has 8 aromatic heterocycles. The van der Waals surface area contributed by atoms with Crippen LogP contribution in [0.2, 0.25) is 0 Å². The molecule has 92 heavy (non-hydrogen) atoms. The van der Waals surface area contributed by atoms with Gasteiger partial charge in [-0.1, -0.05) is 36.4 Å². The van der Waals surface area contributed by atoms with E-state index in [9.17, 15) is 0 Å². The fourth-order valence-electron chi connectivity index (χ4n) is 24.4. The summed E-state index contributed by atoms with van der Waals surface area (Å²) in [5.74, 6) is 5.20. The molecule has 14 nitrogen and oxygen atoms in total. The molecule has 34 rings (SSSR count). The number of aromatic nitrogens is 5. The van der Waals surface area contributed by atoms with Crippen molar-refractivity contribution in [3.63, 3.8) is 0 Å². The van der Waals surface area contributed by atoms with Gasteiger partial charge in [0.25, 0.3) is 0 Å². The molecule has 0 fully saturated rings. The normalized spacial score (nSPS) is 26.8. The Morgan fingerprint density at radius 1 is 0.533 bits per heavy atom. The SMILES string of the molecule is C1=CC2=c3ccc4c5c3=c3c6c7c8c9c%10c%11c%12c%13c%14c%15c%16c%17c%18c%19n%20c%21c%22c%23c(oc%24cc%25oc%26cc%27c(c(c%26n%11c%25c%13c%24c%23c%14c%17%21)n6%10)n3C2C(=C1)O%27)=CC1Oc2cccc3c2C(=C%221)C%20c1c-3[nH]c2ccc(c-%19c12)OC%18C=C%16OC1C=C(OC8C=C(N=C4)C57)C9N%12C%151. The number of pyridine rings is 3. The molecular formula is C78H27N7O7. The number of hydrogen-bond acceptors (Lipinski definition) is 9. The smallest absolute Gasteiger partial charge is 0.157 e. The van der Waals surface area contributed by atoms with Gasteiger partial charge < -0.3 is 55.9 Å². The van der Waals surface area contributed by atoms with Crippen LogP contribution >= 0.6 is 0 Å². The summed E-state index contributed by atoms with van der Waals surface area (Å²) in [6.45, 7) is 0. The first-order chi connectivity index (χ1) is 45.7. The third kappa shape index (κ3) is 3.05. The summed E-state index contributed by atoms with van der Waals surface area (Å²) < 4.78 is 64.7. The minimum absolute atomic E-state index is 0.105. The van der Waals surface area contributed by atoms with E-state index in [4.69, 9.17) is 37.5 Å². The first-order valence-corrected chi connectivity index (χ1v) is 32.5. The Bertz CT molecular complexity index is 7790. The molecule has 20 heterocycles. The molecule has 0 bridgehead atoms. The van der Waals surface area contributed by atoms with Gasteiger partial charge in [-0.3, -0.25) is 9.39 Å². The van der Waals surface area contributed by atoms with Crippen LogP contribution in [0.25, 0.3) is 171 Å². The van der Waals surface area contributed by atoms with Crippen molar-refractivity contribution < 1.29 is 32.5 Å². The Kier molecular flexibility index (Phi) is 4.60. The molecule has 1 N–H and O–H groups in total. The molecule has 9 unspecified atom stereocenters. The zero-order valence-corrected chi connectivity index (χ0v) is 47.1. The molecule has 0 spiro atoms. The number of benzene rings is 8. The van der Waals surface area contributed by atoms with E-state index in [2.05, 4.69) is 131 Å². The minimum atomic E-state index is -0.420. The Hall–Kier alpha value is -11.8. The summed E-state index contributed by atoms with van der Waals surface area (Å²) in [6, 6.07) is 19.4. The molecule has 6 aliphatic carbocycles. The van der Waals surface area contributed by atoms with E-state index in [0.717, 1.165) is 106 Å². The van der Waals surface area contributed by atoms with Gasteiger partial charge >= 0.3 is 0 Å². The van der Waals surface area contributed by atoms with Gasteiger partial charge in [0, 0.05) is 140 Å². The van der Waals surface area contributed by atoms with Crippen LogP contribution in [0.5, 0.6) is 17.2 Å². The second kappa shape index (κ2) is 10.8. The number of anilines is 1. The zero-order valence-electron chi connectivity index (χ0n) is 47.1. The topological polar surface area (TPSA) is 123 Å². The van der Waals surface area contributed by atoms with Crippen molar-refractivity contribution in [3.8, 4) is 39.8 Å². The highest BCUT2D eigenvalue weighted by Crippen LogP contribution is 2.74. The molecule has 14 heteroatoms. The van der Waals surface area contributed by atoms with Crippen molar-refractivity contribution in [1.29, 1.82) is 0 Å². The number of nitrogens with zero attached hydrogens (tertiary/aromatic N) is 6. The Morgan fingerprint density at radius 2 is 1.46 bits per heavy atom. The third-order valence-corrected chi connectivity index (χ3v) is 26.6. The Balaban J connectivity index is 0.887. The van der Waals surface area contributed by atoms with Gasteiger partial charge in [0.1, 0.15) is 92.8 Å². The van der Waals surface area contributed by atoms with Gasteiger partial charge in [0.2, 0.25) is 0 Å². The number of H-pyrrole nitrogens is 1. The summed E-state index contributed by atoms with van der Waals surface area (Å²) in [6.07, 6.45) is 16.6. The predicted octanol–water partition coefficient (Wildman–Crippen LogP) is 14.4. The van der Waals surface area contributed by atoms with E-state index in [1.54, 1.807) is 0 Å². The van der Waals surface area contributed by atoms with Crippen molar-refractivity contribution in [3.05, 3.63) is 191 Å². The van der Waals surface area contributed by atoms with Crippen LogP contribution in [0.4, 0.5) is 5.69 Å². The average molecular weight is 1170 g/mol. The lowest BCUT2D eigenvalue weighted by Gasteiger charge is -2.57. The first-order valence-electron chi connectivity index (χ1n) is 32.5. The summed E-state index contributed by atoms with van der Waals surface area (Å²) >= 11 is 0. The third-order valence-electron chi connectivity index (χ3n) is 26.6. The maximum Gasteiger partial charge on any atom is 0.157 e. The number of rotatable bonds is 0. The van der Waals surface area contributed by atoms with Gasteiger partial charge in [-0.15, -0.1) is 0 Å². The second-order valence-electron chi connectivity index (χ2n) is 29.3. The number of aliphatic imine (C=N–C) groups is 1. The zero-order chi connectivity index (χ0) is 56.5. The van der Waals surface area contributed by atoms with Gasteiger partial charge in [-0.2, -0.15) is 0 Å². The average Bonchev–Trinajstić information content (AvgIpc) is 0.704. The number of fused-ring (bicyclic) bond motifs is 1. The molecule has 0 amide bonds. The summed E-state index contributed by atoms with van der Waals surface area (Å²) in [5.41, 5.74) is 38.3. The number of hydrogen-bond donors (Lipinski definition) is 1. The van der Waals surface area contributed by atoms with E-state index in [-0.39, 0.29) is 30.1 Å². The highest BCUT2D eigenvalue weighted by Gasteiger charge is 2.61. The predicted molar refractivity (Wildman–Crippen MR) is 343 cm³/mol.